The van der Waals surface area contributed by atoms with Gasteiger partial charge in [-0.25, -0.2) is 9.79 Å². The summed E-state index contributed by atoms with van der Waals surface area (Å²) in [6, 6.07) is 4.24. The zero-order chi connectivity index (χ0) is 20.4. The summed E-state index contributed by atoms with van der Waals surface area (Å²) in [6.07, 6.45) is 1.80. The molecule has 0 N–H and O–H groups in total. The molecule has 0 saturated carbocycles. The standard InChI is InChI=1S/C18H20N4O6/c1-11-14(18(23)28-2)15(12-6-5-7-13(10-12)21(24)25)16(22(26)27)17(19-11)20-8-3-4-9-20/h5-7,10,15-16H,3-4,8-9H2,1-2H3. The summed E-state index contributed by atoms with van der Waals surface area (Å²) in [5.41, 5.74) is 0.477. The molecule has 28 heavy (non-hydrogen) atoms. The number of allylic oxidation sites excluding steroid dienone is 1. The van der Waals surface area contributed by atoms with E-state index in [1.54, 1.807) is 13.0 Å². The number of hydrogen-bond donors (Lipinski definition) is 0. The third-order valence-corrected chi connectivity index (χ3v) is 5.07. The fourth-order valence-corrected chi connectivity index (χ4v) is 3.82. The van der Waals surface area contributed by atoms with Crippen molar-refractivity contribution >= 4 is 17.5 Å². The predicted octanol–water partition coefficient (Wildman–Crippen LogP) is 2.28. The van der Waals surface area contributed by atoms with Crippen LogP contribution in [0.5, 0.6) is 0 Å². The first-order valence-electron chi connectivity index (χ1n) is 8.85. The molecule has 2 heterocycles. The van der Waals surface area contributed by atoms with Gasteiger partial charge in [0.25, 0.3) is 11.7 Å². The first kappa shape index (κ1) is 19.5. The number of benzene rings is 1. The third-order valence-electron chi connectivity index (χ3n) is 5.07. The van der Waals surface area contributed by atoms with Crippen molar-refractivity contribution < 1.29 is 19.4 Å². The summed E-state index contributed by atoms with van der Waals surface area (Å²) >= 11 is 0. The maximum absolute atomic E-state index is 12.5. The quantitative estimate of drug-likeness (QED) is 0.439. The van der Waals surface area contributed by atoms with Crippen molar-refractivity contribution in [3.8, 4) is 0 Å². The molecule has 2 aliphatic rings. The molecule has 1 fully saturated rings. The Hall–Kier alpha value is -3.30. The summed E-state index contributed by atoms with van der Waals surface area (Å²) in [6.45, 7) is 2.89. The first-order chi connectivity index (χ1) is 13.3. The maximum atomic E-state index is 12.5. The molecule has 2 atom stereocenters. The smallest absolute Gasteiger partial charge is 0.336 e. The lowest BCUT2D eigenvalue weighted by atomic mass is 9.81. The highest BCUT2D eigenvalue weighted by Gasteiger charge is 2.48. The Morgan fingerprint density at radius 1 is 1.25 bits per heavy atom. The minimum absolute atomic E-state index is 0.0487. The van der Waals surface area contributed by atoms with Gasteiger partial charge < -0.3 is 9.64 Å². The van der Waals surface area contributed by atoms with Crippen LogP contribution in [0.25, 0.3) is 0 Å². The third kappa shape index (κ3) is 3.45. The van der Waals surface area contributed by atoms with E-state index < -0.39 is 27.8 Å². The van der Waals surface area contributed by atoms with Gasteiger partial charge in [-0.05, 0) is 25.3 Å². The molecule has 0 bridgehead atoms. The van der Waals surface area contributed by atoms with Crippen molar-refractivity contribution in [2.24, 2.45) is 4.99 Å². The zero-order valence-electron chi connectivity index (χ0n) is 15.5. The number of nitro benzene ring substituents is 1. The topological polar surface area (TPSA) is 128 Å². The van der Waals surface area contributed by atoms with Gasteiger partial charge in [0, 0.05) is 30.1 Å². The second-order valence-electron chi connectivity index (χ2n) is 6.71. The summed E-state index contributed by atoms with van der Waals surface area (Å²) in [7, 11) is 1.19. The van der Waals surface area contributed by atoms with Gasteiger partial charge in [0.1, 0.15) is 0 Å². The fourth-order valence-electron chi connectivity index (χ4n) is 3.82. The number of ether oxygens (including phenoxy) is 1. The Morgan fingerprint density at radius 3 is 2.50 bits per heavy atom. The molecule has 0 aliphatic carbocycles. The lowest BCUT2D eigenvalue weighted by Gasteiger charge is -2.32. The molecule has 0 spiro atoms. The van der Waals surface area contributed by atoms with Crippen molar-refractivity contribution in [1.82, 2.24) is 4.90 Å². The van der Waals surface area contributed by atoms with Gasteiger partial charge in [0.15, 0.2) is 5.84 Å². The van der Waals surface area contributed by atoms with E-state index in [4.69, 9.17) is 4.74 Å². The Bertz CT molecular complexity index is 888. The van der Waals surface area contributed by atoms with E-state index in [0.29, 0.717) is 24.4 Å². The molecule has 3 rings (SSSR count). The summed E-state index contributed by atoms with van der Waals surface area (Å²) < 4.78 is 4.84. The molecule has 2 aliphatic heterocycles. The van der Waals surface area contributed by atoms with Gasteiger partial charge >= 0.3 is 5.97 Å². The molecule has 0 amide bonds. The number of rotatable bonds is 4. The number of aliphatic imine (C=N–C) groups is 1. The van der Waals surface area contributed by atoms with Gasteiger partial charge in [0.2, 0.25) is 0 Å². The number of carbonyl (C=O) groups excluding carboxylic acids is 1. The van der Waals surface area contributed by atoms with Crippen LogP contribution in [0.1, 0.15) is 31.2 Å². The molecule has 1 aromatic rings. The average Bonchev–Trinajstić information content (AvgIpc) is 3.21. The van der Waals surface area contributed by atoms with Gasteiger partial charge in [-0.2, -0.15) is 0 Å². The number of methoxy groups -OCH3 is 1. The van der Waals surface area contributed by atoms with Crippen LogP contribution in [0.2, 0.25) is 0 Å². The summed E-state index contributed by atoms with van der Waals surface area (Å²) in [4.78, 5) is 40.9. The van der Waals surface area contributed by atoms with Gasteiger partial charge in [-0.3, -0.25) is 20.2 Å². The molecule has 1 saturated heterocycles. The number of carbonyl (C=O) groups is 1. The Kier molecular flexibility index (Phi) is 5.39. The van der Waals surface area contributed by atoms with E-state index in [0.717, 1.165) is 12.8 Å². The number of likely N-dealkylation sites (tertiary alicyclic amines) is 1. The molecular formula is C18H20N4O6. The number of hydrogen-bond acceptors (Lipinski definition) is 8. The average molecular weight is 388 g/mol. The number of amidine groups is 1. The van der Waals surface area contributed by atoms with Crippen LogP contribution in [-0.2, 0) is 9.53 Å². The van der Waals surface area contributed by atoms with Crippen molar-refractivity contribution in [2.45, 2.75) is 31.7 Å². The minimum atomic E-state index is -1.34. The summed E-state index contributed by atoms with van der Waals surface area (Å²) in [5.74, 6) is -1.48. The Morgan fingerprint density at radius 2 is 1.93 bits per heavy atom. The maximum Gasteiger partial charge on any atom is 0.336 e. The number of esters is 1. The molecule has 10 heteroatoms. The molecular weight excluding hydrogens is 368 g/mol. The van der Waals surface area contributed by atoms with Crippen molar-refractivity contribution in [3.63, 3.8) is 0 Å². The van der Waals surface area contributed by atoms with Crippen LogP contribution in [-0.4, -0.2) is 52.8 Å². The number of nitro groups is 2. The van der Waals surface area contributed by atoms with Gasteiger partial charge in [0.05, 0.1) is 29.2 Å². The van der Waals surface area contributed by atoms with Crippen LogP contribution in [0, 0.1) is 20.2 Å². The molecule has 148 valence electrons. The Labute approximate surface area is 160 Å². The second-order valence-corrected chi connectivity index (χ2v) is 6.71. The summed E-state index contributed by atoms with van der Waals surface area (Å²) in [5, 5.41) is 23.3. The van der Waals surface area contributed by atoms with E-state index in [9.17, 15) is 25.0 Å². The van der Waals surface area contributed by atoms with Crippen LogP contribution < -0.4 is 0 Å². The molecule has 2 unspecified atom stereocenters. The molecule has 0 radical (unpaired) electrons. The normalized spacial score (nSPS) is 22.1. The van der Waals surface area contributed by atoms with E-state index in [1.807, 2.05) is 4.90 Å². The van der Waals surface area contributed by atoms with Gasteiger partial charge in [-0.15, -0.1) is 0 Å². The van der Waals surface area contributed by atoms with E-state index in [1.165, 1.54) is 25.3 Å². The fraction of sp³-hybridized carbons (Fsp3) is 0.444. The van der Waals surface area contributed by atoms with Crippen LogP contribution in [0.3, 0.4) is 0 Å². The molecule has 1 aromatic carbocycles. The highest BCUT2D eigenvalue weighted by Crippen LogP contribution is 2.39. The van der Waals surface area contributed by atoms with Crippen LogP contribution >= 0.6 is 0 Å². The number of nitrogens with zero attached hydrogens (tertiary/aromatic N) is 4. The van der Waals surface area contributed by atoms with Crippen molar-refractivity contribution in [3.05, 3.63) is 61.3 Å². The molecule has 10 nitrogen and oxygen atoms in total. The van der Waals surface area contributed by atoms with E-state index >= 15 is 0 Å². The minimum Gasteiger partial charge on any atom is -0.466 e. The SMILES string of the molecule is COC(=O)C1=C(C)N=C(N2CCCC2)C([N+](=O)[O-])C1c1cccc([N+](=O)[O-])c1. The number of non-ortho nitro benzene ring substituents is 1. The highest BCUT2D eigenvalue weighted by atomic mass is 16.6. The zero-order valence-corrected chi connectivity index (χ0v) is 15.5. The lowest BCUT2D eigenvalue weighted by Crippen LogP contribution is -2.48. The monoisotopic (exact) mass is 388 g/mol. The van der Waals surface area contributed by atoms with E-state index in [2.05, 4.69) is 4.99 Å². The molecule has 0 aromatic heterocycles. The highest BCUT2D eigenvalue weighted by molar-refractivity contribution is 5.98. The van der Waals surface area contributed by atoms with Crippen LogP contribution in [0.4, 0.5) is 5.69 Å². The first-order valence-corrected chi connectivity index (χ1v) is 8.85. The Balaban J connectivity index is 2.21. The lowest BCUT2D eigenvalue weighted by molar-refractivity contribution is -0.506. The largest absolute Gasteiger partial charge is 0.466 e. The van der Waals surface area contributed by atoms with Crippen LogP contribution in [0.15, 0.2) is 40.5 Å². The van der Waals surface area contributed by atoms with Gasteiger partial charge in [-0.1, -0.05) is 12.1 Å². The van der Waals surface area contributed by atoms with Crippen molar-refractivity contribution in [1.29, 1.82) is 0 Å². The predicted molar refractivity (Wildman–Crippen MR) is 99.6 cm³/mol. The van der Waals surface area contributed by atoms with Crippen molar-refractivity contribution in [2.75, 3.05) is 20.2 Å². The second kappa shape index (κ2) is 7.75. The van der Waals surface area contributed by atoms with E-state index in [-0.39, 0.29) is 17.1 Å².